The number of nitrogens with one attached hydrogen (secondary N) is 1. The Morgan fingerprint density at radius 3 is 2.23 bits per heavy atom. The van der Waals surface area contributed by atoms with Crippen LogP contribution >= 0.6 is 0 Å². The fourth-order valence-corrected chi connectivity index (χ4v) is 3.01. The molecule has 0 fully saturated rings. The second kappa shape index (κ2) is 20.8. The van der Waals surface area contributed by atoms with E-state index in [9.17, 15) is 8.78 Å². The van der Waals surface area contributed by atoms with Crippen molar-refractivity contribution in [1.82, 2.24) is 0 Å². The third-order valence-corrected chi connectivity index (χ3v) is 4.70. The topological polar surface area (TPSA) is 69.3 Å². The molecule has 0 aromatic heterocycles. The third kappa shape index (κ3) is 12.2. The lowest BCUT2D eigenvalue weighted by atomic mass is 10.0. The van der Waals surface area contributed by atoms with E-state index < -0.39 is 11.6 Å². The number of aliphatic imine (C=N–C) groups is 3. The third-order valence-electron chi connectivity index (χ3n) is 4.70. The van der Waals surface area contributed by atoms with Crippen LogP contribution in [0.4, 0.5) is 20.2 Å². The van der Waals surface area contributed by atoms with Crippen LogP contribution in [0.15, 0.2) is 106 Å². The summed E-state index contributed by atoms with van der Waals surface area (Å²) in [4.78, 5) is 12.7. The molecular formula is C32H40F2N4O. The fraction of sp³-hybridized carbons (Fsp3) is 0.219. The Hall–Kier alpha value is -4.23. The molecule has 5 nitrogen and oxygen atoms in total. The van der Waals surface area contributed by atoms with Gasteiger partial charge in [-0.3, -0.25) is 15.0 Å². The second-order valence-corrected chi connectivity index (χ2v) is 7.75. The summed E-state index contributed by atoms with van der Waals surface area (Å²) in [5, 5.41) is 10.1. The van der Waals surface area contributed by atoms with Crippen LogP contribution in [0.5, 0.6) is 0 Å². The standard InChI is InChI=1S/C28H28F2N4.C3H8.CH4O/c1-6-9-11-20(8-3)18-33-28(34-23-13-14-25(29)26(30)17-23)24-16-21(12-15-27(24)32-5)22(10-7-2)19-31-4;1-3-2;1-2/h6-17,19H,3-5,18H2,1-2H3,(H,33,34);3H2,1-2H3;2H,1H3/b9-6-,10-7-,20-11+,22-19+;;. The highest BCUT2D eigenvalue weighted by molar-refractivity contribution is 6.12. The van der Waals surface area contributed by atoms with Gasteiger partial charge < -0.3 is 10.4 Å². The summed E-state index contributed by atoms with van der Waals surface area (Å²) in [6.07, 6.45) is 14.1. The number of allylic oxidation sites excluding steroid dienone is 6. The lowest BCUT2D eigenvalue weighted by molar-refractivity contribution is 0.399. The lowest BCUT2D eigenvalue weighted by Crippen LogP contribution is -2.16. The number of hydrogen-bond donors (Lipinski definition) is 2. The molecule has 0 aliphatic rings. The molecule has 0 bridgehead atoms. The van der Waals surface area contributed by atoms with Gasteiger partial charge in [0, 0.05) is 30.6 Å². The van der Waals surface area contributed by atoms with Gasteiger partial charge in [0.15, 0.2) is 11.6 Å². The van der Waals surface area contributed by atoms with E-state index >= 15 is 0 Å². The number of hydrogen-bond acceptors (Lipinski definition) is 4. The van der Waals surface area contributed by atoms with E-state index in [1.807, 2.05) is 62.4 Å². The first kappa shape index (κ1) is 34.8. The molecule has 0 saturated heterocycles. The Bertz CT molecular complexity index is 1220. The average molecular weight is 535 g/mol. The summed E-state index contributed by atoms with van der Waals surface area (Å²) in [6.45, 7) is 19.4. The number of rotatable bonds is 10. The zero-order valence-electron chi connectivity index (χ0n) is 23.6. The molecule has 0 unspecified atom stereocenters. The first-order valence-corrected chi connectivity index (χ1v) is 12.4. The van der Waals surface area contributed by atoms with E-state index in [-0.39, 0.29) is 0 Å². The van der Waals surface area contributed by atoms with Crippen LogP contribution in [0, 0.1) is 11.6 Å². The van der Waals surface area contributed by atoms with Crippen LogP contribution in [-0.2, 0) is 0 Å². The molecule has 2 N–H and O–H groups in total. The first-order valence-electron chi connectivity index (χ1n) is 12.4. The smallest absolute Gasteiger partial charge is 0.160 e. The van der Waals surface area contributed by atoms with E-state index in [1.165, 1.54) is 12.5 Å². The van der Waals surface area contributed by atoms with Crippen LogP contribution < -0.4 is 5.32 Å². The van der Waals surface area contributed by atoms with Crippen molar-refractivity contribution in [3.05, 3.63) is 114 Å². The van der Waals surface area contributed by atoms with E-state index in [1.54, 1.807) is 12.3 Å². The van der Waals surface area contributed by atoms with Gasteiger partial charge in [-0.05, 0) is 68.3 Å². The van der Waals surface area contributed by atoms with Gasteiger partial charge in [0.1, 0.15) is 5.84 Å². The molecule has 2 rings (SSSR count). The molecule has 2 aromatic carbocycles. The number of anilines is 1. The highest BCUT2D eigenvalue weighted by Gasteiger charge is 2.13. The van der Waals surface area contributed by atoms with Crippen molar-refractivity contribution in [2.24, 2.45) is 15.0 Å². The van der Waals surface area contributed by atoms with Crippen LogP contribution in [0.2, 0.25) is 0 Å². The summed E-state index contributed by atoms with van der Waals surface area (Å²) in [7, 11) is 1.00. The number of halogens is 2. The van der Waals surface area contributed by atoms with Gasteiger partial charge in [-0.2, -0.15) is 0 Å². The molecule has 0 amide bonds. The molecule has 0 aliphatic carbocycles. The predicted octanol–water partition coefficient (Wildman–Crippen LogP) is 8.49. The Labute approximate surface area is 232 Å². The second-order valence-electron chi connectivity index (χ2n) is 7.75. The Kier molecular flexibility index (Phi) is 18.5. The van der Waals surface area contributed by atoms with Gasteiger partial charge in [-0.15, -0.1) is 0 Å². The summed E-state index contributed by atoms with van der Waals surface area (Å²) >= 11 is 0. The normalized spacial score (nSPS) is 11.8. The van der Waals surface area contributed by atoms with Crippen molar-refractivity contribution in [2.45, 2.75) is 34.1 Å². The molecule has 0 atom stereocenters. The van der Waals surface area contributed by atoms with E-state index in [0.717, 1.165) is 36.0 Å². The summed E-state index contributed by atoms with van der Waals surface area (Å²) in [5.74, 6) is -1.48. The van der Waals surface area contributed by atoms with Crippen LogP contribution in [0.3, 0.4) is 0 Å². The SMILES string of the molecule is C=C/C(=C\C=C/C)CN=C(Nc1ccc(F)c(F)c1)c1cc(C(/C=C\C)=C/N=C)ccc1N=C.CCC.CO. The highest BCUT2D eigenvalue weighted by Crippen LogP contribution is 2.27. The number of benzene rings is 2. The van der Waals surface area contributed by atoms with Gasteiger partial charge in [-0.1, -0.05) is 69.4 Å². The number of amidine groups is 1. The van der Waals surface area contributed by atoms with Gasteiger partial charge in [0.25, 0.3) is 0 Å². The fourth-order valence-electron chi connectivity index (χ4n) is 3.01. The van der Waals surface area contributed by atoms with E-state index in [2.05, 4.69) is 49.2 Å². The molecule has 39 heavy (non-hydrogen) atoms. The average Bonchev–Trinajstić information content (AvgIpc) is 2.95. The van der Waals surface area contributed by atoms with Gasteiger partial charge in [0.2, 0.25) is 0 Å². The summed E-state index contributed by atoms with van der Waals surface area (Å²) < 4.78 is 27.4. The molecule has 0 heterocycles. The summed E-state index contributed by atoms with van der Waals surface area (Å²) in [5.41, 5.74) is 4.10. The van der Waals surface area contributed by atoms with Crippen molar-refractivity contribution in [3.8, 4) is 0 Å². The van der Waals surface area contributed by atoms with Crippen molar-refractivity contribution in [1.29, 1.82) is 0 Å². The minimum atomic E-state index is -0.963. The minimum Gasteiger partial charge on any atom is -0.400 e. The maximum absolute atomic E-state index is 13.9. The van der Waals surface area contributed by atoms with Crippen molar-refractivity contribution in [2.75, 3.05) is 19.0 Å². The molecule has 0 saturated carbocycles. The van der Waals surface area contributed by atoms with Crippen molar-refractivity contribution in [3.63, 3.8) is 0 Å². The maximum Gasteiger partial charge on any atom is 0.160 e. The molecule has 0 radical (unpaired) electrons. The zero-order chi connectivity index (χ0) is 29.6. The van der Waals surface area contributed by atoms with Crippen LogP contribution in [-0.4, -0.2) is 38.0 Å². The first-order chi connectivity index (χ1) is 18.9. The largest absolute Gasteiger partial charge is 0.400 e. The molecular weight excluding hydrogens is 494 g/mol. The molecule has 208 valence electrons. The number of aliphatic hydroxyl groups is 1. The van der Waals surface area contributed by atoms with E-state index in [0.29, 0.717) is 29.3 Å². The van der Waals surface area contributed by atoms with Crippen molar-refractivity contribution < 1.29 is 13.9 Å². The molecule has 0 spiro atoms. The monoisotopic (exact) mass is 534 g/mol. The van der Waals surface area contributed by atoms with Crippen LogP contribution in [0.25, 0.3) is 5.57 Å². The highest BCUT2D eigenvalue weighted by atomic mass is 19.2. The maximum atomic E-state index is 13.9. The van der Waals surface area contributed by atoms with Gasteiger partial charge in [0.05, 0.1) is 12.2 Å². The molecule has 0 aliphatic heterocycles. The minimum absolute atomic E-state index is 0.298. The molecule has 7 heteroatoms. The molecule has 2 aromatic rings. The van der Waals surface area contributed by atoms with Gasteiger partial charge >= 0.3 is 0 Å². The van der Waals surface area contributed by atoms with Crippen molar-refractivity contribution >= 4 is 36.2 Å². The number of aliphatic hydroxyl groups excluding tert-OH is 1. The Balaban J connectivity index is 0.00000269. The Morgan fingerprint density at radius 2 is 1.69 bits per heavy atom. The quantitative estimate of drug-likeness (QED) is 0.182. The van der Waals surface area contributed by atoms with E-state index in [4.69, 9.17) is 10.1 Å². The predicted molar refractivity (Wildman–Crippen MR) is 167 cm³/mol. The lowest BCUT2D eigenvalue weighted by Gasteiger charge is -2.15. The van der Waals surface area contributed by atoms with Gasteiger partial charge in [-0.25, -0.2) is 8.78 Å². The Morgan fingerprint density at radius 1 is 1.00 bits per heavy atom. The number of nitrogens with zero attached hydrogens (tertiary/aromatic N) is 3. The summed E-state index contributed by atoms with van der Waals surface area (Å²) in [6, 6.07) is 9.16. The van der Waals surface area contributed by atoms with Crippen LogP contribution in [0.1, 0.15) is 45.2 Å². The zero-order valence-corrected chi connectivity index (χ0v) is 23.6.